The lowest BCUT2D eigenvalue weighted by Gasteiger charge is -2.12. The van der Waals surface area contributed by atoms with E-state index in [2.05, 4.69) is 21.5 Å². The first-order chi connectivity index (χ1) is 9.12. The third-order valence-corrected chi connectivity index (χ3v) is 4.90. The molecule has 2 rings (SSSR count). The van der Waals surface area contributed by atoms with Crippen molar-refractivity contribution >= 4 is 15.8 Å². The van der Waals surface area contributed by atoms with Crippen molar-refractivity contribution in [3.05, 3.63) is 23.9 Å². The number of anilines is 1. The zero-order valence-electron chi connectivity index (χ0n) is 10.6. The Morgan fingerprint density at radius 3 is 2.79 bits per heavy atom. The summed E-state index contributed by atoms with van der Waals surface area (Å²) in [5, 5.41) is -0.298. The number of nitrogens with two attached hydrogens (primary N) is 1. The van der Waals surface area contributed by atoms with Crippen LogP contribution in [0.1, 0.15) is 31.4 Å². The van der Waals surface area contributed by atoms with Gasteiger partial charge in [0.15, 0.2) is 0 Å². The molecule has 0 unspecified atom stereocenters. The fraction of sp³-hybridized carbons (Fsp3) is 0.462. The largest absolute Gasteiger partial charge is 0.320 e. The molecule has 1 saturated carbocycles. The smallest absolute Gasteiger partial charge is 0.236 e. The molecule has 6 heteroatoms. The first-order valence-electron chi connectivity index (χ1n) is 6.29. The number of nitrogens with one attached hydrogen (secondary N) is 1. The summed E-state index contributed by atoms with van der Waals surface area (Å²) in [7, 11) is -3.34. The molecule has 0 saturated heterocycles. The monoisotopic (exact) mass is 279 g/mol. The summed E-state index contributed by atoms with van der Waals surface area (Å²) in [6, 6.07) is 5.07. The first-order valence-corrected chi connectivity index (χ1v) is 7.84. The molecule has 1 fully saturated rings. The van der Waals surface area contributed by atoms with E-state index in [1.54, 1.807) is 18.2 Å². The molecule has 0 amide bonds. The minimum absolute atomic E-state index is 0.250. The third-order valence-electron chi connectivity index (χ3n) is 3.06. The Labute approximate surface area is 113 Å². The highest BCUT2D eigenvalue weighted by Crippen LogP contribution is 2.25. The number of sulfonamides is 1. The molecular weight excluding hydrogens is 262 g/mol. The molecule has 1 aliphatic rings. The molecular formula is C13H17N3O2S. The molecule has 3 N–H and O–H groups in total. The van der Waals surface area contributed by atoms with Gasteiger partial charge in [-0.15, -0.1) is 0 Å². The topological polar surface area (TPSA) is 85.1 Å². The number of rotatable bonds is 3. The van der Waals surface area contributed by atoms with Crippen molar-refractivity contribution in [3.63, 3.8) is 0 Å². The van der Waals surface area contributed by atoms with Gasteiger partial charge in [0.2, 0.25) is 10.0 Å². The second-order valence-corrected chi connectivity index (χ2v) is 6.43. The predicted octanol–water partition coefficient (Wildman–Crippen LogP) is 1.08. The highest BCUT2D eigenvalue weighted by atomic mass is 32.2. The van der Waals surface area contributed by atoms with E-state index in [1.165, 1.54) is 0 Å². The van der Waals surface area contributed by atoms with Crippen molar-refractivity contribution in [1.82, 2.24) is 4.98 Å². The van der Waals surface area contributed by atoms with Crippen molar-refractivity contribution in [2.45, 2.75) is 30.9 Å². The van der Waals surface area contributed by atoms with Crippen LogP contribution in [0, 0.1) is 11.8 Å². The van der Waals surface area contributed by atoms with Gasteiger partial charge in [0.1, 0.15) is 11.5 Å². The van der Waals surface area contributed by atoms with Gasteiger partial charge in [-0.05, 0) is 30.9 Å². The third kappa shape index (κ3) is 3.69. The van der Waals surface area contributed by atoms with E-state index in [4.69, 9.17) is 5.73 Å². The normalized spacial score (nSPS) is 15.8. The Bertz CT molecular complexity index is 596. The van der Waals surface area contributed by atoms with Crippen LogP contribution >= 0.6 is 0 Å². The maximum atomic E-state index is 12.1. The molecule has 0 aromatic carbocycles. The van der Waals surface area contributed by atoms with Crippen LogP contribution in [-0.4, -0.2) is 25.2 Å². The average molecular weight is 279 g/mol. The molecule has 1 heterocycles. The summed E-state index contributed by atoms with van der Waals surface area (Å²) in [4.78, 5) is 4.15. The molecule has 1 aromatic rings. The molecule has 1 aromatic heterocycles. The Morgan fingerprint density at radius 2 is 2.11 bits per heavy atom. The van der Waals surface area contributed by atoms with Crippen molar-refractivity contribution in [2.24, 2.45) is 5.73 Å². The van der Waals surface area contributed by atoms with E-state index < -0.39 is 10.0 Å². The standard InChI is InChI=1S/C13H17N3O2S/c14-10-4-6-11-5-3-9-13(15-11)16-19(17,18)12-7-1-2-8-12/h3,5,9,12H,1-2,7-8,10,14H2,(H,15,16). The van der Waals surface area contributed by atoms with Gasteiger partial charge in [-0.25, -0.2) is 13.4 Å². The van der Waals surface area contributed by atoms with Gasteiger partial charge in [-0.2, -0.15) is 0 Å². The van der Waals surface area contributed by atoms with Crippen LogP contribution in [0.4, 0.5) is 5.82 Å². The second kappa shape index (κ2) is 6.04. The second-order valence-electron chi connectivity index (χ2n) is 4.47. The SMILES string of the molecule is NCC#Cc1cccc(NS(=O)(=O)C2CCCC2)n1. The molecule has 102 valence electrons. The fourth-order valence-electron chi connectivity index (χ4n) is 2.13. The summed E-state index contributed by atoms with van der Waals surface area (Å²) in [6.45, 7) is 0.250. The van der Waals surface area contributed by atoms with E-state index in [0.29, 0.717) is 11.5 Å². The quantitative estimate of drug-likeness (QED) is 0.811. The Balaban J connectivity index is 2.14. The Morgan fingerprint density at radius 1 is 1.37 bits per heavy atom. The fourth-order valence-corrected chi connectivity index (χ4v) is 3.66. The van der Waals surface area contributed by atoms with E-state index >= 15 is 0 Å². The van der Waals surface area contributed by atoms with Crippen LogP contribution in [-0.2, 0) is 10.0 Å². The summed E-state index contributed by atoms with van der Waals surface area (Å²) in [6.07, 6.45) is 3.39. The minimum Gasteiger partial charge on any atom is -0.320 e. The van der Waals surface area contributed by atoms with Gasteiger partial charge in [-0.3, -0.25) is 4.72 Å². The van der Waals surface area contributed by atoms with Crippen LogP contribution in [0.15, 0.2) is 18.2 Å². The number of hydrogen-bond donors (Lipinski definition) is 2. The van der Waals surface area contributed by atoms with Crippen LogP contribution in [0.5, 0.6) is 0 Å². The molecule has 5 nitrogen and oxygen atoms in total. The molecule has 0 spiro atoms. The Hall–Kier alpha value is -1.58. The van der Waals surface area contributed by atoms with Crippen LogP contribution in [0.25, 0.3) is 0 Å². The van der Waals surface area contributed by atoms with Gasteiger partial charge in [-0.1, -0.05) is 24.8 Å². The Kier molecular flexibility index (Phi) is 4.40. The highest BCUT2D eigenvalue weighted by molar-refractivity contribution is 7.93. The number of pyridine rings is 1. The summed E-state index contributed by atoms with van der Waals surface area (Å²) in [5.74, 6) is 5.78. The lowest BCUT2D eigenvalue weighted by atomic mass is 10.3. The molecule has 0 aliphatic heterocycles. The summed E-state index contributed by atoms with van der Waals surface area (Å²) < 4.78 is 26.8. The van der Waals surface area contributed by atoms with Gasteiger partial charge in [0, 0.05) is 0 Å². The lowest BCUT2D eigenvalue weighted by molar-refractivity contribution is 0.585. The lowest BCUT2D eigenvalue weighted by Crippen LogP contribution is -2.25. The predicted molar refractivity (Wildman–Crippen MR) is 75.0 cm³/mol. The zero-order valence-corrected chi connectivity index (χ0v) is 11.4. The van der Waals surface area contributed by atoms with E-state index in [0.717, 1.165) is 25.7 Å². The van der Waals surface area contributed by atoms with E-state index in [9.17, 15) is 8.42 Å². The maximum Gasteiger partial charge on any atom is 0.236 e. The summed E-state index contributed by atoms with van der Waals surface area (Å²) in [5.41, 5.74) is 5.80. The van der Waals surface area contributed by atoms with Gasteiger partial charge >= 0.3 is 0 Å². The molecule has 0 atom stereocenters. The van der Waals surface area contributed by atoms with E-state index in [-0.39, 0.29) is 11.8 Å². The van der Waals surface area contributed by atoms with Gasteiger partial charge in [0.05, 0.1) is 11.8 Å². The summed E-state index contributed by atoms with van der Waals surface area (Å²) >= 11 is 0. The average Bonchev–Trinajstić information content (AvgIpc) is 2.91. The minimum atomic E-state index is -3.34. The first kappa shape index (κ1) is 13.8. The van der Waals surface area contributed by atoms with Crippen LogP contribution in [0.2, 0.25) is 0 Å². The maximum absolute atomic E-state index is 12.1. The number of aromatic nitrogens is 1. The van der Waals surface area contributed by atoms with Crippen molar-refractivity contribution in [3.8, 4) is 11.8 Å². The van der Waals surface area contributed by atoms with Gasteiger partial charge < -0.3 is 5.73 Å². The van der Waals surface area contributed by atoms with Crippen molar-refractivity contribution in [2.75, 3.05) is 11.3 Å². The zero-order chi connectivity index (χ0) is 13.7. The molecule has 0 bridgehead atoms. The van der Waals surface area contributed by atoms with E-state index in [1.807, 2.05) is 0 Å². The van der Waals surface area contributed by atoms with Gasteiger partial charge in [0.25, 0.3) is 0 Å². The van der Waals surface area contributed by atoms with Crippen LogP contribution in [0.3, 0.4) is 0 Å². The van der Waals surface area contributed by atoms with Crippen molar-refractivity contribution in [1.29, 1.82) is 0 Å². The number of hydrogen-bond acceptors (Lipinski definition) is 4. The van der Waals surface area contributed by atoms with Crippen LogP contribution < -0.4 is 10.5 Å². The molecule has 0 radical (unpaired) electrons. The molecule has 1 aliphatic carbocycles. The molecule has 19 heavy (non-hydrogen) atoms. The van der Waals surface area contributed by atoms with Crippen molar-refractivity contribution < 1.29 is 8.42 Å². The highest BCUT2D eigenvalue weighted by Gasteiger charge is 2.28. The number of nitrogens with zero attached hydrogens (tertiary/aromatic N) is 1.